The van der Waals surface area contributed by atoms with Gasteiger partial charge in [0.05, 0.1) is 13.0 Å². The van der Waals surface area contributed by atoms with Crippen LogP contribution < -0.4 is 15.2 Å². The van der Waals surface area contributed by atoms with Crippen LogP contribution >= 0.6 is 0 Å². The van der Waals surface area contributed by atoms with E-state index in [1.807, 2.05) is 0 Å². The number of anilines is 1. The largest absolute Gasteiger partial charge is 0.497 e. The van der Waals surface area contributed by atoms with Crippen LogP contribution in [0, 0.1) is 0 Å². The van der Waals surface area contributed by atoms with Crippen LogP contribution in [0.25, 0.3) is 0 Å². The van der Waals surface area contributed by atoms with Crippen LogP contribution in [0.1, 0.15) is 17.9 Å². The van der Waals surface area contributed by atoms with E-state index in [0.717, 1.165) is 4.31 Å². The number of piperazine rings is 1. The Morgan fingerprint density at radius 2 is 1.96 bits per heavy atom. The van der Waals surface area contributed by atoms with Crippen molar-refractivity contribution in [2.75, 3.05) is 38.6 Å². The number of nitrogens with one attached hydrogen (secondary N) is 1. The Bertz CT molecular complexity index is 802. The van der Waals surface area contributed by atoms with Gasteiger partial charge < -0.3 is 15.0 Å². The molecule has 2 heterocycles. The molecule has 0 bridgehead atoms. The Kier molecular flexibility index (Phi) is 4.67. The van der Waals surface area contributed by atoms with Gasteiger partial charge >= 0.3 is 0 Å². The van der Waals surface area contributed by atoms with Crippen LogP contribution in [0.2, 0.25) is 0 Å². The lowest BCUT2D eigenvalue weighted by Gasteiger charge is -2.36. The molecular formula is C15H20N4O5S. The van der Waals surface area contributed by atoms with E-state index in [2.05, 4.69) is 5.32 Å². The van der Waals surface area contributed by atoms with E-state index in [-0.39, 0.29) is 44.4 Å². The molecule has 9 nitrogen and oxygen atoms in total. The van der Waals surface area contributed by atoms with E-state index in [9.17, 15) is 18.0 Å². The fourth-order valence-corrected chi connectivity index (χ4v) is 3.84. The summed E-state index contributed by atoms with van der Waals surface area (Å²) in [6.07, 6.45) is 0.0500. The number of nitrogens with zero attached hydrogens (tertiary/aromatic N) is 2. The molecule has 0 radical (unpaired) electrons. The predicted octanol–water partition coefficient (Wildman–Crippen LogP) is -0.531. The fraction of sp³-hybridized carbons (Fsp3) is 0.467. The molecular weight excluding hydrogens is 348 g/mol. The van der Waals surface area contributed by atoms with Gasteiger partial charge in [-0.25, -0.2) is 5.14 Å². The van der Waals surface area contributed by atoms with Gasteiger partial charge in [-0.2, -0.15) is 12.7 Å². The van der Waals surface area contributed by atoms with Gasteiger partial charge in [-0.1, -0.05) is 0 Å². The number of benzene rings is 1. The van der Waals surface area contributed by atoms with E-state index in [1.54, 1.807) is 23.1 Å². The fourth-order valence-electron chi connectivity index (χ4n) is 3.17. The van der Waals surface area contributed by atoms with Gasteiger partial charge in [0.2, 0.25) is 11.8 Å². The van der Waals surface area contributed by atoms with E-state index >= 15 is 0 Å². The molecule has 2 amide bonds. The molecule has 1 aromatic carbocycles. The van der Waals surface area contributed by atoms with E-state index in [4.69, 9.17) is 9.88 Å². The summed E-state index contributed by atoms with van der Waals surface area (Å²) in [5.41, 5.74) is 1.30. The Labute approximate surface area is 145 Å². The topological polar surface area (TPSA) is 122 Å². The molecule has 0 saturated carbocycles. The summed E-state index contributed by atoms with van der Waals surface area (Å²) >= 11 is 0. The number of hydrogen-bond acceptors (Lipinski definition) is 5. The van der Waals surface area contributed by atoms with Crippen LogP contribution in [0.4, 0.5) is 5.69 Å². The second-order valence-corrected chi connectivity index (χ2v) is 7.57. The van der Waals surface area contributed by atoms with Crippen molar-refractivity contribution in [3.8, 4) is 5.75 Å². The Hall–Kier alpha value is -2.17. The summed E-state index contributed by atoms with van der Waals surface area (Å²) in [4.78, 5) is 26.4. The highest BCUT2D eigenvalue weighted by atomic mass is 32.2. The van der Waals surface area contributed by atoms with E-state index < -0.39 is 16.1 Å². The van der Waals surface area contributed by atoms with Crippen molar-refractivity contribution in [1.82, 2.24) is 9.21 Å². The highest BCUT2D eigenvalue weighted by Gasteiger charge is 2.36. The monoisotopic (exact) mass is 368 g/mol. The molecule has 25 heavy (non-hydrogen) atoms. The molecule has 136 valence electrons. The molecule has 1 saturated heterocycles. The number of fused-ring (bicyclic) bond motifs is 1. The van der Waals surface area contributed by atoms with Crippen LogP contribution in [-0.4, -0.2) is 62.7 Å². The van der Waals surface area contributed by atoms with Crippen molar-refractivity contribution < 1.29 is 22.7 Å². The third kappa shape index (κ3) is 3.60. The molecule has 0 unspecified atom stereocenters. The maximum Gasteiger partial charge on any atom is 0.277 e. The lowest BCUT2D eigenvalue weighted by molar-refractivity contribution is -0.136. The highest BCUT2D eigenvalue weighted by molar-refractivity contribution is 7.86. The molecule has 1 atom stereocenters. The molecule has 1 aromatic rings. The highest BCUT2D eigenvalue weighted by Crippen LogP contribution is 2.36. The maximum atomic E-state index is 12.9. The first-order valence-electron chi connectivity index (χ1n) is 7.84. The zero-order valence-corrected chi connectivity index (χ0v) is 14.6. The molecule has 0 spiro atoms. The van der Waals surface area contributed by atoms with Gasteiger partial charge in [0.25, 0.3) is 10.2 Å². The number of ether oxygens (including phenoxy) is 1. The minimum atomic E-state index is -3.75. The number of rotatable bonds is 3. The van der Waals surface area contributed by atoms with Crippen molar-refractivity contribution in [1.29, 1.82) is 0 Å². The minimum absolute atomic E-state index is 0.0500. The van der Waals surface area contributed by atoms with Gasteiger partial charge in [0.15, 0.2) is 0 Å². The molecule has 0 aliphatic carbocycles. The molecule has 10 heteroatoms. The molecule has 3 rings (SSSR count). The number of amides is 2. The first kappa shape index (κ1) is 17.6. The summed E-state index contributed by atoms with van der Waals surface area (Å²) in [5.74, 6) is -0.427. The molecule has 2 aliphatic heterocycles. The number of carbonyl (C=O) groups excluding carboxylic acids is 2. The summed E-state index contributed by atoms with van der Waals surface area (Å²) in [7, 11) is -2.22. The van der Waals surface area contributed by atoms with Crippen LogP contribution in [-0.2, 0) is 19.8 Å². The Morgan fingerprint density at radius 1 is 1.28 bits per heavy atom. The maximum absolute atomic E-state index is 12.9. The molecule has 1 fully saturated rings. The van der Waals surface area contributed by atoms with Gasteiger partial charge in [-0.15, -0.1) is 0 Å². The summed E-state index contributed by atoms with van der Waals surface area (Å²) in [6.45, 7) is 0.780. The summed E-state index contributed by atoms with van der Waals surface area (Å²) in [5, 5.41) is 7.87. The van der Waals surface area contributed by atoms with Crippen molar-refractivity contribution in [2.45, 2.75) is 12.3 Å². The lowest BCUT2D eigenvalue weighted by atomic mass is 9.89. The minimum Gasteiger partial charge on any atom is -0.497 e. The summed E-state index contributed by atoms with van der Waals surface area (Å²) in [6, 6.07) is 5.18. The molecule has 2 aliphatic rings. The average molecular weight is 368 g/mol. The zero-order chi connectivity index (χ0) is 18.2. The van der Waals surface area contributed by atoms with Crippen LogP contribution in [0.15, 0.2) is 18.2 Å². The summed E-state index contributed by atoms with van der Waals surface area (Å²) < 4.78 is 29.1. The Morgan fingerprint density at radius 3 is 2.56 bits per heavy atom. The van der Waals surface area contributed by atoms with Crippen molar-refractivity contribution in [3.63, 3.8) is 0 Å². The van der Waals surface area contributed by atoms with Crippen LogP contribution in [0.3, 0.4) is 0 Å². The second kappa shape index (κ2) is 6.62. The smallest absolute Gasteiger partial charge is 0.277 e. The third-order valence-corrected chi connectivity index (χ3v) is 5.59. The number of hydrogen-bond donors (Lipinski definition) is 2. The van der Waals surface area contributed by atoms with Crippen LogP contribution in [0.5, 0.6) is 5.75 Å². The van der Waals surface area contributed by atoms with Crippen molar-refractivity contribution in [2.24, 2.45) is 5.14 Å². The van der Waals surface area contributed by atoms with Gasteiger partial charge in [0.1, 0.15) is 5.75 Å². The molecule has 0 aromatic heterocycles. The number of carbonyl (C=O) groups is 2. The normalized spacial score (nSPS) is 21.4. The van der Waals surface area contributed by atoms with Gasteiger partial charge in [-0.3, -0.25) is 9.59 Å². The quantitative estimate of drug-likeness (QED) is 0.743. The first-order chi connectivity index (χ1) is 11.8. The average Bonchev–Trinajstić information content (AvgIpc) is 2.59. The third-order valence-electron chi connectivity index (χ3n) is 4.51. The van der Waals surface area contributed by atoms with Gasteiger partial charge in [-0.05, 0) is 23.8 Å². The van der Waals surface area contributed by atoms with Gasteiger partial charge in [0, 0.05) is 38.3 Å². The van der Waals surface area contributed by atoms with E-state index in [1.165, 1.54) is 7.11 Å². The van der Waals surface area contributed by atoms with Crippen molar-refractivity contribution >= 4 is 27.7 Å². The van der Waals surface area contributed by atoms with E-state index in [0.29, 0.717) is 17.0 Å². The zero-order valence-electron chi connectivity index (χ0n) is 13.8. The van der Waals surface area contributed by atoms with Crippen molar-refractivity contribution in [3.05, 3.63) is 23.8 Å². The molecule has 3 N–H and O–H groups in total. The standard InChI is InChI=1S/C15H20N4O5S/c1-24-10-2-3-13-11(8-10)12(9-14(20)17-13)15(21)18-4-6-19(7-5-18)25(16,22)23/h2-3,8,12H,4-7,9H2,1H3,(H,17,20)(H2,16,22,23)/t12-/m1/s1. The second-order valence-electron chi connectivity index (χ2n) is 6.03. The number of methoxy groups -OCH3 is 1. The predicted molar refractivity (Wildman–Crippen MR) is 90.2 cm³/mol. The lowest BCUT2D eigenvalue weighted by Crippen LogP contribution is -2.53. The number of nitrogens with two attached hydrogens (primary N) is 1. The SMILES string of the molecule is COc1ccc2c(c1)[C@H](C(=O)N1CCN(S(N)(=O)=O)CC1)CC(=O)N2. The Balaban J connectivity index is 1.80. The first-order valence-corrected chi connectivity index (χ1v) is 9.34.